The number of carbonyl (C=O) groups excluding carboxylic acids is 2. The van der Waals surface area contributed by atoms with Crippen LogP contribution in [0.15, 0.2) is 59.8 Å². The van der Waals surface area contributed by atoms with Crippen LogP contribution in [0.1, 0.15) is 36.9 Å². The van der Waals surface area contributed by atoms with Crippen molar-refractivity contribution in [3.63, 3.8) is 0 Å². The average molecular weight is 441 g/mol. The number of amides is 2. The zero-order chi connectivity index (χ0) is 22.0. The summed E-state index contributed by atoms with van der Waals surface area (Å²) in [5.41, 5.74) is 2.60. The standard InChI is InChI=1S/C24H25ClN2O4/c1-15-21(23(28)31-14-18-5-3-4-6-20(18)30-2)22(17-9-11-19(25)12-10-17)26-24(29)27(15)13-16-7-8-16/h3-6,9-12,16,22H,7-8,13-14H2,1-2H3,(H,26,29). The van der Waals surface area contributed by atoms with Crippen molar-refractivity contribution >= 4 is 23.6 Å². The molecule has 2 aromatic rings. The van der Waals surface area contributed by atoms with Gasteiger partial charge in [0.25, 0.3) is 0 Å². The predicted octanol–water partition coefficient (Wildman–Crippen LogP) is 4.84. The number of ether oxygens (including phenoxy) is 2. The predicted molar refractivity (Wildman–Crippen MR) is 118 cm³/mol. The first kappa shape index (κ1) is 21.2. The normalized spacial score (nSPS) is 18.6. The van der Waals surface area contributed by atoms with E-state index in [1.807, 2.05) is 43.3 Å². The number of hydrogen-bond donors (Lipinski definition) is 1. The van der Waals surface area contributed by atoms with Gasteiger partial charge in [-0.05, 0) is 49.4 Å². The minimum Gasteiger partial charge on any atom is -0.496 e. The van der Waals surface area contributed by atoms with Crippen molar-refractivity contribution in [2.75, 3.05) is 13.7 Å². The van der Waals surface area contributed by atoms with E-state index in [1.54, 1.807) is 24.1 Å². The molecule has 2 amide bonds. The van der Waals surface area contributed by atoms with E-state index in [2.05, 4.69) is 5.32 Å². The third kappa shape index (κ3) is 4.69. The van der Waals surface area contributed by atoms with Gasteiger partial charge in [-0.1, -0.05) is 41.9 Å². The van der Waals surface area contributed by atoms with E-state index in [-0.39, 0.29) is 12.6 Å². The van der Waals surface area contributed by atoms with Crippen LogP contribution in [0.4, 0.5) is 4.79 Å². The van der Waals surface area contributed by atoms with Gasteiger partial charge in [0.1, 0.15) is 12.4 Å². The third-order valence-corrected chi connectivity index (χ3v) is 5.96. The van der Waals surface area contributed by atoms with Crippen molar-refractivity contribution in [3.8, 4) is 5.75 Å². The van der Waals surface area contributed by atoms with Crippen LogP contribution in [-0.4, -0.2) is 30.6 Å². The van der Waals surface area contributed by atoms with E-state index in [0.29, 0.717) is 34.5 Å². The van der Waals surface area contributed by atoms with Gasteiger partial charge in [-0.25, -0.2) is 9.59 Å². The molecule has 2 aromatic carbocycles. The lowest BCUT2D eigenvalue weighted by atomic mass is 9.95. The molecule has 1 aliphatic carbocycles. The molecule has 162 valence electrons. The number of nitrogens with one attached hydrogen (secondary N) is 1. The minimum absolute atomic E-state index is 0.0730. The molecule has 4 rings (SSSR count). The lowest BCUT2D eigenvalue weighted by Crippen LogP contribution is -2.48. The number of para-hydroxylation sites is 1. The van der Waals surface area contributed by atoms with Crippen LogP contribution in [-0.2, 0) is 16.1 Å². The second kappa shape index (κ2) is 9.02. The van der Waals surface area contributed by atoms with Gasteiger partial charge in [-0.15, -0.1) is 0 Å². The fourth-order valence-corrected chi connectivity index (χ4v) is 3.90. The van der Waals surface area contributed by atoms with Crippen molar-refractivity contribution in [1.82, 2.24) is 10.2 Å². The molecule has 2 aliphatic rings. The Balaban J connectivity index is 1.64. The summed E-state index contributed by atoms with van der Waals surface area (Å²) in [5, 5.41) is 3.56. The first-order valence-electron chi connectivity index (χ1n) is 10.3. The van der Waals surface area contributed by atoms with Crippen LogP contribution in [0.5, 0.6) is 5.75 Å². The van der Waals surface area contributed by atoms with Gasteiger partial charge in [-0.2, -0.15) is 0 Å². The maximum atomic E-state index is 13.3. The molecule has 0 aromatic heterocycles. The highest BCUT2D eigenvalue weighted by molar-refractivity contribution is 6.30. The molecular formula is C24H25ClN2O4. The number of esters is 1. The largest absolute Gasteiger partial charge is 0.496 e. The first-order chi connectivity index (χ1) is 15.0. The molecule has 0 spiro atoms. The van der Waals surface area contributed by atoms with E-state index in [4.69, 9.17) is 21.1 Å². The molecule has 0 bridgehead atoms. The maximum Gasteiger partial charge on any atom is 0.338 e. The number of rotatable bonds is 7. The molecule has 1 heterocycles. The van der Waals surface area contributed by atoms with Crippen molar-refractivity contribution < 1.29 is 19.1 Å². The highest BCUT2D eigenvalue weighted by atomic mass is 35.5. The van der Waals surface area contributed by atoms with E-state index in [1.165, 1.54) is 0 Å². The van der Waals surface area contributed by atoms with E-state index in [9.17, 15) is 9.59 Å². The Morgan fingerprint density at radius 2 is 1.87 bits per heavy atom. The van der Waals surface area contributed by atoms with Gasteiger partial charge in [-0.3, -0.25) is 4.90 Å². The van der Waals surface area contributed by atoms with E-state index < -0.39 is 12.0 Å². The van der Waals surface area contributed by atoms with Gasteiger partial charge in [0, 0.05) is 22.8 Å². The molecule has 0 radical (unpaired) electrons. The van der Waals surface area contributed by atoms with Crippen molar-refractivity contribution in [3.05, 3.63) is 76.0 Å². The van der Waals surface area contributed by atoms with Crippen molar-refractivity contribution in [1.29, 1.82) is 0 Å². The summed E-state index contributed by atoms with van der Waals surface area (Å²) in [5.74, 6) is 0.672. The molecule has 1 aliphatic heterocycles. The quantitative estimate of drug-likeness (QED) is 0.625. The number of nitrogens with zero attached hydrogens (tertiary/aromatic N) is 1. The fourth-order valence-electron chi connectivity index (χ4n) is 3.77. The molecule has 6 nitrogen and oxygen atoms in total. The highest BCUT2D eigenvalue weighted by Crippen LogP contribution is 2.36. The number of urea groups is 1. The molecule has 1 unspecified atom stereocenters. The van der Waals surface area contributed by atoms with Gasteiger partial charge in [0.05, 0.1) is 18.7 Å². The molecule has 1 fully saturated rings. The minimum atomic E-state index is -0.606. The monoisotopic (exact) mass is 440 g/mol. The number of methoxy groups -OCH3 is 1. The zero-order valence-corrected chi connectivity index (χ0v) is 18.3. The SMILES string of the molecule is COc1ccccc1COC(=O)C1=C(C)N(CC2CC2)C(=O)NC1c1ccc(Cl)cc1. The Labute approximate surface area is 186 Å². The first-order valence-corrected chi connectivity index (χ1v) is 10.7. The molecular weight excluding hydrogens is 416 g/mol. The highest BCUT2D eigenvalue weighted by Gasteiger charge is 2.38. The van der Waals surface area contributed by atoms with Crippen LogP contribution in [0.25, 0.3) is 0 Å². The van der Waals surface area contributed by atoms with Crippen molar-refractivity contribution in [2.24, 2.45) is 5.92 Å². The molecule has 1 atom stereocenters. The number of halogens is 1. The third-order valence-electron chi connectivity index (χ3n) is 5.71. The Morgan fingerprint density at radius 3 is 2.55 bits per heavy atom. The second-order valence-electron chi connectivity index (χ2n) is 7.88. The summed E-state index contributed by atoms with van der Waals surface area (Å²) >= 11 is 6.03. The van der Waals surface area contributed by atoms with Crippen LogP contribution in [0.3, 0.4) is 0 Å². The Kier molecular flexibility index (Phi) is 6.18. The zero-order valence-electron chi connectivity index (χ0n) is 17.6. The van der Waals surface area contributed by atoms with Gasteiger partial charge < -0.3 is 14.8 Å². The van der Waals surface area contributed by atoms with E-state index in [0.717, 1.165) is 24.0 Å². The Bertz CT molecular complexity index is 1010. The number of carbonyl (C=O) groups is 2. The topological polar surface area (TPSA) is 67.9 Å². The average Bonchev–Trinajstić information content (AvgIpc) is 3.59. The van der Waals surface area contributed by atoms with Gasteiger partial charge in [0.2, 0.25) is 0 Å². The summed E-state index contributed by atoms with van der Waals surface area (Å²) in [6, 6.07) is 13.7. The van der Waals surface area contributed by atoms with Crippen LogP contribution in [0, 0.1) is 5.92 Å². The van der Waals surface area contributed by atoms with E-state index >= 15 is 0 Å². The lowest BCUT2D eigenvalue weighted by Gasteiger charge is -2.35. The molecule has 7 heteroatoms. The molecule has 31 heavy (non-hydrogen) atoms. The van der Waals surface area contributed by atoms with Crippen LogP contribution < -0.4 is 10.1 Å². The number of benzene rings is 2. The van der Waals surface area contributed by atoms with Crippen molar-refractivity contribution in [2.45, 2.75) is 32.4 Å². The van der Waals surface area contributed by atoms with Gasteiger partial charge >= 0.3 is 12.0 Å². The summed E-state index contributed by atoms with van der Waals surface area (Å²) in [4.78, 5) is 27.8. The lowest BCUT2D eigenvalue weighted by molar-refractivity contribution is -0.141. The fraction of sp³-hybridized carbons (Fsp3) is 0.333. The van der Waals surface area contributed by atoms with Gasteiger partial charge in [0.15, 0.2) is 0 Å². The summed E-state index contributed by atoms with van der Waals surface area (Å²) in [6.07, 6.45) is 2.20. The summed E-state index contributed by atoms with van der Waals surface area (Å²) < 4.78 is 11.0. The molecule has 1 N–H and O–H groups in total. The molecule has 0 saturated heterocycles. The number of allylic oxidation sites excluding steroid dienone is 1. The Hall–Kier alpha value is -2.99. The van der Waals surface area contributed by atoms with Crippen LogP contribution >= 0.6 is 11.6 Å². The summed E-state index contributed by atoms with van der Waals surface area (Å²) in [6.45, 7) is 2.49. The Morgan fingerprint density at radius 1 is 1.16 bits per heavy atom. The smallest absolute Gasteiger partial charge is 0.338 e. The summed E-state index contributed by atoms with van der Waals surface area (Å²) in [7, 11) is 1.58. The number of hydrogen-bond acceptors (Lipinski definition) is 4. The molecule has 1 saturated carbocycles. The second-order valence-corrected chi connectivity index (χ2v) is 8.31. The van der Waals surface area contributed by atoms with Crippen LogP contribution in [0.2, 0.25) is 5.02 Å². The maximum absolute atomic E-state index is 13.3.